The molecule has 0 saturated heterocycles. The fourth-order valence-corrected chi connectivity index (χ4v) is 1.55. The van der Waals surface area contributed by atoms with Crippen molar-refractivity contribution in [3.8, 4) is 6.07 Å². The molecule has 88 valence electrons. The fraction of sp³-hybridized carbons (Fsp3) is 0.0714. The van der Waals surface area contributed by atoms with Gasteiger partial charge in [0.15, 0.2) is 0 Å². The largest absolute Gasteiger partial charge is 0.322 e. The average molecular weight is 237 g/mol. The molecule has 0 aliphatic carbocycles. The number of aryl methyl sites for hydroxylation is 1. The van der Waals surface area contributed by atoms with Gasteiger partial charge >= 0.3 is 0 Å². The van der Waals surface area contributed by atoms with Crippen LogP contribution < -0.4 is 5.32 Å². The molecule has 0 spiro atoms. The first kappa shape index (κ1) is 11.8. The molecule has 2 aromatic rings. The van der Waals surface area contributed by atoms with Crippen LogP contribution in [0.25, 0.3) is 0 Å². The highest BCUT2D eigenvalue weighted by molar-refractivity contribution is 6.05. The zero-order valence-corrected chi connectivity index (χ0v) is 9.84. The Morgan fingerprint density at radius 1 is 1.28 bits per heavy atom. The van der Waals surface area contributed by atoms with E-state index in [1.165, 1.54) is 0 Å². The normalized spacial score (nSPS) is 9.56. The van der Waals surface area contributed by atoms with Crippen LogP contribution in [0.1, 0.15) is 21.5 Å². The Morgan fingerprint density at radius 3 is 2.61 bits per heavy atom. The maximum atomic E-state index is 12.0. The molecule has 1 N–H and O–H groups in total. The van der Waals surface area contributed by atoms with Gasteiger partial charge in [0.2, 0.25) is 0 Å². The second-order valence-electron chi connectivity index (χ2n) is 3.83. The lowest BCUT2D eigenvalue weighted by atomic mass is 10.1. The van der Waals surface area contributed by atoms with E-state index in [4.69, 9.17) is 5.26 Å². The van der Waals surface area contributed by atoms with Crippen molar-refractivity contribution in [2.45, 2.75) is 6.92 Å². The molecule has 1 heterocycles. The second kappa shape index (κ2) is 5.11. The SMILES string of the molecule is Cc1cnccc1C(=O)Nc1ccc(C#N)cc1. The summed E-state index contributed by atoms with van der Waals surface area (Å²) in [5, 5.41) is 11.5. The molecule has 1 aromatic heterocycles. The topological polar surface area (TPSA) is 65.8 Å². The van der Waals surface area contributed by atoms with Crippen LogP contribution in [-0.4, -0.2) is 10.9 Å². The van der Waals surface area contributed by atoms with Crippen LogP contribution in [0, 0.1) is 18.3 Å². The summed E-state index contributed by atoms with van der Waals surface area (Å²) in [5.41, 5.74) is 2.64. The highest BCUT2D eigenvalue weighted by Crippen LogP contribution is 2.12. The predicted octanol–water partition coefficient (Wildman–Crippen LogP) is 2.51. The Labute approximate surface area is 105 Å². The summed E-state index contributed by atoms with van der Waals surface area (Å²) >= 11 is 0. The molecule has 0 atom stereocenters. The fourth-order valence-electron chi connectivity index (χ4n) is 1.55. The molecule has 0 aliphatic rings. The zero-order valence-electron chi connectivity index (χ0n) is 9.84. The van der Waals surface area contributed by atoms with E-state index >= 15 is 0 Å². The average Bonchev–Trinajstić information content (AvgIpc) is 2.40. The van der Waals surface area contributed by atoms with Gasteiger partial charge in [0, 0.05) is 23.6 Å². The van der Waals surface area contributed by atoms with E-state index in [-0.39, 0.29) is 5.91 Å². The van der Waals surface area contributed by atoms with Crippen molar-refractivity contribution in [3.05, 3.63) is 59.4 Å². The minimum absolute atomic E-state index is 0.181. The number of pyridine rings is 1. The number of carbonyl (C=O) groups excluding carboxylic acids is 1. The van der Waals surface area contributed by atoms with Gasteiger partial charge in [-0.1, -0.05) is 0 Å². The first-order valence-electron chi connectivity index (χ1n) is 5.43. The summed E-state index contributed by atoms with van der Waals surface area (Å²) in [6.45, 7) is 1.83. The number of anilines is 1. The molecule has 18 heavy (non-hydrogen) atoms. The molecule has 1 aromatic carbocycles. The van der Waals surface area contributed by atoms with Crippen molar-refractivity contribution in [2.24, 2.45) is 0 Å². The van der Waals surface area contributed by atoms with E-state index in [0.29, 0.717) is 16.8 Å². The third-order valence-corrected chi connectivity index (χ3v) is 2.54. The van der Waals surface area contributed by atoms with Crippen LogP contribution in [0.15, 0.2) is 42.7 Å². The molecule has 0 unspecified atom stereocenters. The molecular formula is C14H11N3O. The maximum absolute atomic E-state index is 12.0. The molecule has 0 radical (unpaired) electrons. The summed E-state index contributed by atoms with van der Waals surface area (Å²) < 4.78 is 0. The van der Waals surface area contributed by atoms with E-state index in [9.17, 15) is 4.79 Å². The summed E-state index contributed by atoms with van der Waals surface area (Å²) in [6, 6.07) is 10.4. The molecule has 0 saturated carbocycles. The number of rotatable bonds is 2. The lowest BCUT2D eigenvalue weighted by Gasteiger charge is -2.06. The van der Waals surface area contributed by atoms with Crippen LogP contribution in [0.2, 0.25) is 0 Å². The van der Waals surface area contributed by atoms with Crippen molar-refractivity contribution in [3.63, 3.8) is 0 Å². The van der Waals surface area contributed by atoms with Crippen LogP contribution in [-0.2, 0) is 0 Å². The Bertz CT molecular complexity index is 612. The molecule has 2 rings (SSSR count). The van der Waals surface area contributed by atoms with Gasteiger partial charge in [-0.15, -0.1) is 0 Å². The van der Waals surface area contributed by atoms with Crippen molar-refractivity contribution >= 4 is 11.6 Å². The third-order valence-electron chi connectivity index (χ3n) is 2.54. The number of carbonyl (C=O) groups is 1. The number of benzene rings is 1. The molecule has 4 heteroatoms. The third kappa shape index (κ3) is 2.53. The van der Waals surface area contributed by atoms with Gasteiger partial charge in [-0.25, -0.2) is 0 Å². The van der Waals surface area contributed by atoms with Crippen molar-refractivity contribution in [2.75, 3.05) is 5.32 Å². The van der Waals surface area contributed by atoms with Gasteiger partial charge in [-0.3, -0.25) is 9.78 Å². The Morgan fingerprint density at radius 2 is 2.00 bits per heavy atom. The highest BCUT2D eigenvalue weighted by atomic mass is 16.1. The van der Waals surface area contributed by atoms with Crippen molar-refractivity contribution in [1.82, 2.24) is 4.98 Å². The molecule has 1 amide bonds. The van der Waals surface area contributed by atoms with Crippen LogP contribution in [0.3, 0.4) is 0 Å². The lowest BCUT2D eigenvalue weighted by Crippen LogP contribution is -2.13. The van der Waals surface area contributed by atoms with E-state index in [1.807, 2.05) is 13.0 Å². The number of hydrogen-bond donors (Lipinski definition) is 1. The molecule has 0 aliphatic heterocycles. The summed E-state index contributed by atoms with van der Waals surface area (Å²) in [6.07, 6.45) is 3.23. The summed E-state index contributed by atoms with van der Waals surface area (Å²) in [4.78, 5) is 15.9. The second-order valence-corrected chi connectivity index (χ2v) is 3.83. The summed E-state index contributed by atoms with van der Waals surface area (Å²) in [5.74, 6) is -0.181. The van der Waals surface area contributed by atoms with Crippen LogP contribution in [0.5, 0.6) is 0 Å². The smallest absolute Gasteiger partial charge is 0.256 e. The lowest BCUT2D eigenvalue weighted by molar-refractivity contribution is 0.102. The number of nitrogens with zero attached hydrogens (tertiary/aromatic N) is 2. The Balaban J connectivity index is 2.17. The maximum Gasteiger partial charge on any atom is 0.256 e. The molecule has 0 fully saturated rings. The standard InChI is InChI=1S/C14H11N3O/c1-10-9-16-7-6-13(10)14(18)17-12-4-2-11(8-15)3-5-12/h2-7,9H,1H3,(H,17,18). The van der Waals surface area contributed by atoms with Gasteiger partial charge in [-0.05, 0) is 42.8 Å². The van der Waals surface area contributed by atoms with E-state index in [1.54, 1.807) is 42.7 Å². The van der Waals surface area contributed by atoms with Gasteiger partial charge in [0.05, 0.1) is 11.6 Å². The monoisotopic (exact) mass is 237 g/mol. The highest BCUT2D eigenvalue weighted by Gasteiger charge is 2.08. The minimum atomic E-state index is -0.181. The van der Waals surface area contributed by atoms with Crippen LogP contribution >= 0.6 is 0 Å². The number of nitriles is 1. The van der Waals surface area contributed by atoms with Gasteiger partial charge < -0.3 is 5.32 Å². The van der Waals surface area contributed by atoms with Crippen LogP contribution in [0.4, 0.5) is 5.69 Å². The first-order chi connectivity index (χ1) is 8.70. The number of nitrogens with one attached hydrogen (secondary N) is 1. The minimum Gasteiger partial charge on any atom is -0.322 e. The van der Waals surface area contributed by atoms with Crippen molar-refractivity contribution < 1.29 is 4.79 Å². The van der Waals surface area contributed by atoms with E-state index < -0.39 is 0 Å². The van der Waals surface area contributed by atoms with Crippen molar-refractivity contribution in [1.29, 1.82) is 5.26 Å². The van der Waals surface area contributed by atoms with E-state index in [2.05, 4.69) is 10.3 Å². The number of aromatic nitrogens is 1. The number of amides is 1. The Hall–Kier alpha value is -2.67. The molecular weight excluding hydrogens is 226 g/mol. The predicted molar refractivity (Wildman–Crippen MR) is 68.1 cm³/mol. The quantitative estimate of drug-likeness (QED) is 0.872. The Kier molecular flexibility index (Phi) is 3.35. The molecule has 4 nitrogen and oxygen atoms in total. The number of hydrogen-bond acceptors (Lipinski definition) is 3. The van der Waals surface area contributed by atoms with E-state index in [0.717, 1.165) is 5.56 Å². The first-order valence-corrected chi connectivity index (χ1v) is 5.43. The summed E-state index contributed by atoms with van der Waals surface area (Å²) in [7, 11) is 0. The van der Waals surface area contributed by atoms with Gasteiger partial charge in [0.1, 0.15) is 0 Å². The molecule has 0 bridgehead atoms. The van der Waals surface area contributed by atoms with Gasteiger partial charge in [0.25, 0.3) is 5.91 Å². The van der Waals surface area contributed by atoms with Gasteiger partial charge in [-0.2, -0.15) is 5.26 Å². The zero-order chi connectivity index (χ0) is 13.0.